The molecule has 3 nitrogen and oxygen atoms in total. The van der Waals surface area contributed by atoms with Crippen LogP contribution in [0.25, 0.3) is 0 Å². The Bertz CT molecular complexity index is 427. The number of nitrogens with zero attached hydrogens (tertiary/aromatic N) is 1. The summed E-state index contributed by atoms with van der Waals surface area (Å²) in [6.45, 7) is 2.86. The summed E-state index contributed by atoms with van der Waals surface area (Å²) in [6.07, 6.45) is 0.936. The quantitative estimate of drug-likeness (QED) is 0.755. The molecule has 17 heavy (non-hydrogen) atoms. The van der Waals surface area contributed by atoms with Gasteiger partial charge in [0.25, 0.3) is 0 Å². The molecular formula is C13H16FNO2. The average molecular weight is 237 g/mol. The van der Waals surface area contributed by atoms with Crippen LogP contribution in [0.5, 0.6) is 0 Å². The Morgan fingerprint density at radius 2 is 2.29 bits per heavy atom. The minimum Gasteiger partial charge on any atom is -0.379 e. The molecule has 92 valence electrons. The Hall–Kier alpha value is -1.42. The van der Waals surface area contributed by atoms with Gasteiger partial charge in [0.15, 0.2) is 5.78 Å². The molecule has 1 aliphatic heterocycles. The van der Waals surface area contributed by atoms with Crippen LogP contribution in [0.15, 0.2) is 18.2 Å². The topological polar surface area (TPSA) is 29.5 Å². The van der Waals surface area contributed by atoms with E-state index < -0.39 is 0 Å². The lowest BCUT2D eigenvalue weighted by molar-refractivity contribution is 0.101. The molecule has 1 fully saturated rings. The third kappa shape index (κ3) is 2.47. The first-order chi connectivity index (χ1) is 8.09. The second-order valence-corrected chi connectivity index (χ2v) is 4.35. The van der Waals surface area contributed by atoms with E-state index in [2.05, 4.69) is 0 Å². The summed E-state index contributed by atoms with van der Waals surface area (Å²) in [6, 6.07) is 4.60. The number of rotatable bonds is 3. The summed E-state index contributed by atoms with van der Waals surface area (Å²) >= 11 is 0. The van der Waals surface area contributed by atoms with Gasteiger partial charge >= 0.3 is 0 Å². The van der Waals surface area contributed by atoms with Gasteiger partial charge in [-0.15, -0.1) is 0 Å². The molecule has 2 rings (SSSR count). The van der Waals surface area contributed by atoms with Gasteiger partial charge < -0.3 is 9.64 Å². The molecule has 1 saturated heterocycles. The third-order valence-corrected chi connectivity index (χ3v) is 3.17. The molecule has 0 saturated carbocycles. The van der Waals surface area contributed by atoms with Gasteiger partial charge in [-0.05, 0) is 31.5 Å². The van der Waals surface area contributed by atoms with Gasteiger partial charge in [-0.3, -0.25) is 4.79 Å². The minimum absolute atomic E-state index is 0.120. The predicted octanol–water partition coefficient (Wildman–Crippen LogP) is 2.25. The zero-order valence-electron chi connectivity index (χ0n) is 10.1. The SMILES string of the molecule is CC(=O)c1cc(F)ccc1N(C)C1CCOC1. The predicted molar refractivity (Wildman–Crippen MR) is 64.0 cm³/mol. The normalized spacial score (nSPS) is 19.4. The van der Waals surface area contributed by atoms with Gasteiger partial charge in [0.1, 0.15) is 5.82 Å². The number of halogens is 1. The number of anilines is 1. The van der Waals surface area contributed by atoms with Crippen LogP contribution in [-0.4, -0.2) is 32.1 Å². The summed E-state index contributed by atoms with van der Waals surface area (Å²) in [5.74, 6) is -0.500. The van der Waals surface area contributed by atoms with Gasteiger partial charge in [-0.2, -0.15) is 0 Å². The van der Waals surface area contributed by atoms with Crippen molar-refractivity contribution in [2.45, 2.75) is 19.4 Å². The number of Topliss-reactive ketones (excluding diaryl/α,β-unsaturated/α-hetero) is 1. The molecule has 0 aromatic heterocycles. The monoisotopic (exact) mass is 237 g/mol. The van der Waals surface area contributed by atoms with E-state index in [9.17, 15) is 9.18 Å². The average Bonchev–Trinajstić information content (AvgIpc) is 2.81. The zero-order valence-corrected chi connectivity index (χ0v) is 10.1. The number of benzene rings is 1. The summed E-state index contributed by atoms with van der Waals surface area (Å²) in [4.78, 5) is 13.5. The first-order valence-electron chi connectivity index (χ1n) is 5.70. The van der Waals surface area contributed by atoms with Crippen molar-refractivity contribution in [1.29, 1.82) is 0 Å². The molecule has 1 aromatic carbocycles. The highest BCUT2D eigenvalue weighted by Crippen LogP contribution is 2.25. The van der Waals surface area contributed by atoms with Crippen LogP contribution in [0, 0.1) is 5.82 Å². The maximum Gasteiger partial charge on any atom is 0.161 e. The number of hydrogen-bond donors (Lipinski definition) is 0. The molecule has 1 aliphatic rings. The summed E-state index contributed by atoms with van der Waals surface area (Å²) in [5, 5.41) is 0. The van der Waals surface area contributed by atoms with E-state index in [1.807, 2.05) is 11.9 Å². The molecule has 0 N–H and O–H groups in total. The van der Waals surface area contributed by atoms with Crippen molar-refractivity contribution in [1.82, 2.24) is 0 Å². The molecule has 1 aromatic rings. The van der Waals surface area contributed by atoms with Crippen LogP contribution < -0.4 is 4.90 Å². The van der Waals surface area contributed by atoms with Crippen molar-refractivity contribution in [2.75, 3.05) is 25.2 Å². The van der Waals surface area contributed by atoms with E-state index in [0.717, 1.165) is 18.7 Å². The smallest absolute Gasteiger partial charge is 0.161 e. The Balaban J connectivity index is 2.33. The van der Waals surface area contributed by atoms with E-state index in [1.165, 1.54) is 19.1 Å². The second kappa shape index (κ2) is 4.84. The van der Waals surface area contributed by atoms with E-state index in [0.29, 0.717) is 12.2 Å². The van der Waals surface area contributed by atoms with Crippen LogP contribution >= 0.6 is 0 Å². The lowest BCUT2D eigenvalue weighted by atomic mass is 10.1. The number of carbonyl (C=O) groups is 1. The molecule has 4 heteroatoms. The molecule has 0 amide bonds. The molecule has 1 heterocycles. The van der Waals surface area contributed by atoms with Crippen LogP contribution in [0.1, 0.15) is 23.7 Å². The van der Waals surface area contributed by atoms with E-state index in [-0.39, 0.29) is 17.6 Å². The van der Waals surface area contributed by atoms with Gasteiger partial charge in [0, 0.05) is 24.9 Å². The largest absolute Gasteiger partial charge is 0.379 e. The molecule has 0 spiro atoms. The van der Waals surface area contributed by atoms with E-state index in [1.54, 1.807) is 6.07 Å². The van der Waals surface area contributed by atoms with Crippen LogP contribution in [0.4, 0.5) is 10.1 Å². The zero-order chi connectivity index (χ0) is 12.4. The molecule has 0 aliphatic carbocycles. The van der Waals surface area contributed by atoms with E-state index in [4.69, 9.17) is 4.74 Å². The standard InChI is InChI=1S/C13H16FNO2/c1-9(16)12-7-10(14)3-4-13(12)15(2)11-5-6-17-8-11/h3-4,7,11H,5-6,8H2,1-2H3. The lowest BCUT2D eigenvalue weighted by Crippen LogP contribution is -2.32. The first-order valence-corrected chi connectivity index (χ1v) is 5.70. The van der Waals surface area contributed by atoms with Crippen molar-refractivity contribution >= 4 is 11.5 Å². The van der Waals surface area contributed by atoms with Crippen LogP contribution in [-0.2, 0) is 4.74 Å². The Morgan fingerprint density at radius 3 is 2.88 bits per heavy atom. The van der Waals surface area contributed by atoms with Crippen molar-refractivity contribution in [2.24, 2.45) is 0 Å². The molecule has 1 unspecified atom stereocenters. The fraction of sp³-hybridized carbons (Fsp3) is 0.462. The maximum atomic E-state index is 13.2. The fourth-order valence-electron chi connectivity index (χ4n) is 2.12. The number of ether oxygens (including phenoxy) is 1. The Labute approximate surface area is 100 Å². The third-order valence-electron chi connectivity index (χ3n) is 3.17. The summed E-state index contributed by atoms with van der Waals surface area (Å²) in [5.41, 5.74) is 1.20. The Kier molecular flexibility index (Phi) is 3.43. The Morgan fingerprint density at radius 1 is 1.53 bits per heavy atom. The van der Waals surface area contributed by atoms with Crippen molar-refractivity contribution in [3.05, 3.63) is 29.6 Å². The molecule has 1 atom stereocenters. The second-order valence-electron chi connectivity index (χ2n) is 4.35. The molecular weight excluding hydrogens is 221 g/mol. The minimum atomic E-state index is -0.380. The van der Waals surface area contributed by atoms with Crippen LogP contribution in [0.3, 0.4) is 0 Å². The summed E-state index contributed by atoms with van der Waals surface area (Å²) < 4.78 is 18.5. The maximum absolute atomic E-state index is 13.2. The highest BCUT2D eigenvalue weighted by Gasteiger charge is 2.23. The van der Waals surface area contributed by atoms with Gasteiger partial charge in [0.05, 0.1) is 12.6 Å². The molecule has 0 bridgehead atoms. The number of carbonyl (C=O) groups excluding carboxylic acids is 1. The van der Waals surface area contributed by atoms with Crippen molar-refractivity contribution < 1.29 is 13.9 Å². The number of likely N-dealkylation sites (N-methyl/N-ethyl adjacent to an activating group) is 1. The van der Waals surface area contributed by atoms with Crippen LogP contribution in [0.2, 0.25) is 0 Å². The summed E-state index contributed by atoms with van der Waals surface area (Å²) in [7, 11) is 1.92. The first kappa shape index (κ1) is 12.0. The molecule has 0 radical (unpaired) electrons. The van der Waals surface area contributed by atoms with Crippen molar-refractivity contribution in [3.8, 4) is 0 Å². The van der Waals surface area contributed by atoms with E-state index >= 15 is 0 Å². The highest BCUT2D eigenvalue weighted by atomic mass is 19.1. The number of hydrogen-bond acceptors (Lipinski definition) is 3. The fourth-order valence-corrected chi connectivity index (χ4v) is 2.12. The van der Waals surface area contributed by atoms with Gasteiger partial charge in [-0.1, -0.05) is 0 Å². The van der Waals surface area contributed by atoms with Gasteiger partial charge in [0.2, 0.25) is 0 Å². The highest BCUT2D eigenvalue weighted by molar-refractivity contribution is 5.99. The lowest BCUT2D eigenvalue weighted by Gasteiger charge is -2.27. The van der Waals surface area contributed by atoms with Gasteiger partial charge in [-0.25, -0.2) is 4.39 Å². The van der Waals surface area contributed by atoms with Crippen molar-refractivity contribution in [3.63, 3.8) is 0 Å². The number of ketones is 1.